The second-order valence-electron chi connectivity index (χ2n) is 9.17. The Labute approximate surface area is 232 Å². The zero-order valence-electron chi connectivity index (χ0n) is 20.3. The molecule has 190 valence electrons. The summed E-state index contributed by atoms with van der Waals surface area (Å²) in [6.07, 6.45) is 1.42. The molecule has 2 N–H and O–H groups in total. The number of benzene rings is 2. The second-order valence-corrected chi connectivity index (χ2v) is 11.8. The van der Waals surface area contributed by atoms with E-state index in [-0.39, 0.29) is 23.1 Å². The van der Waals surface area contributed by atoms with E-state index in [1.165, 1.54) is 28.0 Å². The minimum atomic E-state index is -1.57. The highest BCUT2D eigenvalue weighted by atomic mass is 35.5. The molecule has 38 heavy (non-hydrogen) atoms. The van der Waals surface area contributed by atoms with Crippen LogP contribution in [0.1, 0.15) is 30.4 Å². The molecule has 2 aromatic carbocycles. The van der Waals surface area contributed by atoms with Gasteiger partial charge in [0.2, 0.25) is 11.0 Å². The highest BCUT2D eigenvalue weighted by Gasteiger charge is 2.61. The topological polar surface area (TPSA) is 116 Å². The van der Waals surface area contributed by atoms with Gasteiger partial charge in [0.25, 0.3) is 0 Å². The number of allylic oxidation sites excluding steroid dienone is 1. The summed E-state index contributed by atoms with van der Waals surface area (Å²) in [6, 6.07) is 17.1. The molecule has 0 bridgehead atoms. The van der Waals surface area contributed by atoms with E-state index in [0.29, 0.717) is 62.0 Å². The Morgan fingerprint density at radius 3 is 2.71 bits per heavy atom. The van der Waals surface area contributed by atoms with Crippen LogP contribution in [0.2, 0.25) is 5.02 Å². The number of hydrogen-bond acceptors (Lipinski definition) is 9. The molecule has 1 spiro atoms. The van der Waals surface area contributed by atoms with Crippen LogP contribution in [0.25, 0.3) is 0 Å². The van der Waals surface area contributed by atoms with E-state index < -0.39 is 5.41 Å². The summed E-state index contributed by atoms with van der Waals surface area (Å²) in [5.41, 5.74) is 8.34. The number of anilines is 2. The van der Waals surface area contributed by atoms with Crippen LogP contribution in [0.15, 0.2) is 75.5 Å². The minimum absolute atomic E-state index is 0.0359. The third-order valence-corrected chi connectivity index (χ3v) is 9.66. The van der Waals surface area contributed by atoms with Crippen LogP contribution in [0.5, 0.6) is 0 Å². The molecule has 0 saturated heterocycles. The molecule has 6 rings (SSSR count). The van der Waals surface area contributed by atoms with E-state index >= 15 is 0 Å². The summed E-state index contributed by atoms with van der Waals surface area (Å²) < 4.78 is 0.692. The van der Waals surface area contributed by atoms with Gasteiger partial charge < -0.3 is 10.6 Å². The van der Waals surface area contributed by atoms with E-state index in [1.54, 1.807) is 18.0 Å². The average molecular weight is 561 g/mol. The first-order valence-corrected chi connectivity index (χ1v) is 14.1. The van der Waals surface area contributed by atoms with Crippen LogP contribution in [0.3, 0.4) is 0 Å². The van der Waals surface area contributed by atoms with E-state index in [0.717, 1.165) is 5.56 Å². The third kappa shape index (κ3) is 3.42. The fourth-order valence-electron chi connectivity index (χ4n) is 5.56. The van der Waals surface area contributed by atoms with E-state index in [1.807, 2.05) is 42.5 Å². The number of aromatic nitrogens is 2. The summed E-state index contributed by atoms with van der Waals surface area (Å²) >= 11 is 9.10. The third-order valence-electron chi connectivity index (χ3n) is 7.20. The highest BCUT2D eigenvalue weighted by Crippen LogP contribution is 2.56. The zero-order chi connectivity index (χ0) is 26.6. The number of nitrogens with two attached hydrogens (primary N) is 1. The maximum atomic E-state index is 14.0. The maximum Gasteiger partial charge on any atom is 0.247 e. The number of hydrogen-bond donors (Lipinski definition) is 1. The Kier molecular flexibility index (Phi) is 6.02. The lowest BCUT2D eigenvalue weighted by Crippen LogP contribution is -2.52. The van der Waals surface area contributed by atoms with Crippen molar-refractivity contribution in [1.29, 1.82) is 5.26 Å². The Balaban J connectivity index is 1.48. The van der Waals surface area contributed by atoms with Gasteiger partial charge in [-0.2, -0.15) is 5.26 Å². The van der Waals surface area contributed by atoms with E-state index in [4.69, 9.17) is 17.3 Å². The molecule has 8 nitrogen and oxygen atoms in total. The van der Waals surface area contributed by atoms with Crippen molar-refractivity contribution in [2.75, 3.05) is 16.8 Å². The second kappa shape index (κ2) is 9.27. The number of carbonyl (C=O) groups is 2. The molecule has 0 unspecified atom stereocenters. The smallest absolute Gasteiger partial charge is 0.247 e. The molecule has 1 aliphatic carbocycles. The molecule has 0 fully saturated rings. The Hall–Kier alpha value is -3.65. The van der Waals surface area contributed by atoms with Crippen LogP contribution in [0, 0.1) is 11.3 Å². The van der Waals surface area contributed by atoms with Crippen molar-refractivity contribution in [3.8, 4) is 6.07 Å². The average Bonchev–Trinajstić information content (AvgIpc) is 3.47. The SMILES string of the molecule is CN1C(=O)[C@]2(C(C#N)=C(N)N(c3nnc(SCc4ccccc4Cl)s3)C3=C2C(=O)CCC3)c2ccccc21. The highest BCUT2D eigenvalue weighted by molar-refractivity contribution is 8.00. The lowest BCUT2D eigenvalue weighted by molar-refractivity contribution is -0.124. The Bertz CT molecular complexity index is 1620. The first-order chi connectivity index (χ1) is 18.4. The van der Waals surface area contributed by atoms with Crippen molar-refractivity contribution < 1.29 is 9.59 Å². The largest absolute Gasteiger partial charge is 0.384 e. The summed E-state index contributed by atoms with van der Waals surface area (Å²) in [5, 5.41) is 20.3. The summed E-state index contributed by atoms with van der Waals surface area (Å²) in [4.78, 5) is 30.8. The van der Waals surface area contributed by atoms with Crippen LogP contribution in [-0.2, 0) is 20.8 Å². The van der Waals surface area contributed by atoms with Crippen LogP contribution >= 0.6 is 34.7 Å². The summed E-state index contributed by atoms with van der Waals surface area (Å²) in [5.74, 6) is 0.191. The molecular weight excluding hydrogens is 540 g/mol. The van der Waals surface area contributed by atoms with Crippen molar-refractivity contribution in [2.45, 2.75) is 34.8 Å². The molecule has 1 atom stereocenters. The number of nitrogens with zero attached hydrogens (tertiary/aromatic N) is 5. The number of carbonyl (C=O) groups excluding carboxylic acids is 2. The molecule has 11 heteroatoms. The lowest BCUT2D eigenvalue weighted by atomic mass is 9.64. The molecule has 3 aromatic rings. The standard InChI is InChI=1S/C27H21ClN6O2S2/c1-33-19-10-5-3-8-16(19)27(24(33)36)17(13-29)23(30)34(20-11-6-12-21(35)22(20)27)25-31-32-26(38-25)37-14-15-7-2-4-9-18(15)28/h2-5,7-10H,6,11-12,14,30H2,1H3/t27-/m0/s1. The molecular formula is C27H21ClN6O2S2. The van der Waals surface area contributed by atoms with Gasteiger partial charge in [-0.3, -0.25) is 14.5 Å². The van der Waals surface area contributed by atoms with E-state index in [9.17, 15) is 14.9 Å². The number of thioether (sulfide) groups is 1. The number of amides is 1. The van der Waals surface area contributed by atoms with Crippen LogP contribution < -0.4 is 15.5 Å². The summed E-state index contributed by atoms with van der Waals surface area (Å²) in [7, 11) is 1.66. The van der Waals surface area contributed by atoms with Crippen molar-refractivity contribution in [3.05, 3.63) is 87.3 Å². The number of fused-ring (bicyclic) bond motifs is 3. The van der Waals surface area contributed by atoms with Crippen molar-refractivity contribution >= 4 is 57.2 Å². The monoisotopic (exact) mass is 560 g/mol. The molecule has 3 aliphatic rings. The molecule has 3 heterocycles. The molecule has 1 amide bonds. The number of halogens is 1. The number of likely N-dealkylation sites (N-methyl/N-ethyl adjacent to an activating group) is 1. The van der Waals surface area contributed by atoms with Gasteiger partial charge in [-0.05, 0) is 30.5 Å². The van der Waals surface area contributed by atoms with Crippen molar-refractivity contribution in [3.63, 3.8) is 0 Å². The van der Waals surface area contributed by atoms with Gasteiger partial charge in [-0.15, -0.1) is 10.2 Å². The minimum Gasteiger partial charge on any atom is -0.384 e. The molecule has 0 saturated carbocycles. The zero-order valence-corrected chi connectivity index (χ0v) is 22.7. The number of para-hydroxylation sites is 1. The first kappa shape index (κ1) is 24.7. The predicted octanol–water partition coefficient (Wildman–Crippen LogP) is 4.92. The predicted molar refractivity (Wildman–Crippen MR) is 148 cm³/mol. The maximum absolute atomic E-state index is 14.0. The van der Waals surface area contributed by atoms with Gasteiger partial charge >= 0.3 is 0 Å². The number of nitriles is 1. The summed E-state index contributed by atoms with van der Waals surface area (Å²) in [6.45, 7) is 0. The molecule has 1 aromatic heterocycles. The number of ketones is 1. The quantitative estimate of drug-likeness (QED) is 0.447. The normalized spacial score (nSPS) is 20.8. The van der Waals surface area contributed by atoms with Gasteiger partial charge in [0.15, 0.2) is 10.1 Å². The van der Waals surface area contributed by atoms with E-state index in [2.05, 4.69) is 16.3 Å². The van der Waals surface area contributed by atoms with Gasteiger partial charge in [-0.1, -0.05) is 71.1 Å². The number of rotatable bonds is 4. The lowest BCUT2D eigenvalue weighted by Gasteiger charge is -2.42. The van der Waals surface area contributed by atoms with Crippen molar-refractivity contribution in [1.82, 2.24) is 10.2 Å². The Morgan fingerprint density at radius 2 is 1.92 bits per heavy atom. The molecule has 0 radical (unpaired) electrons. The van der Waals surface area contributed by atoms with Gasteiger partial charge in [-0.25, -0.2) is 0 Å². The fraction of sp³-hybridized carbons (Fsp3) is 0.222. The number of Topliss-reactive ketones (excluding diaryl/α,β-unsaturated/α-hetero) is 1. The van der Waals surface area contributed by atoms with Crippen LogP contribution in [0.4, 0.5) is 10.8 Å². The van der Waals surface area contributed by atoms with Crippen molar-refractivity contribution in [2.24, 2.45) is 5.73 Å². The van der Waals surface area contributed by atoms with Crippen LogP contribution in [-0.4, -0.2) is 28.9 Å². The fourth-order valence-corrected chi connectivity index (χ4v) is 7.73. The Morgan fingerprint density at radius 1 is 1.16 bits per heavy atom. The first-order valence-electron chi connectivity index (χ1n) is 11.9. The van der Waals surface area contributed by atoms with Gasteiger partial charge in [0, 0.05) is 46.8 Å². The van der Waals surface area contributed by atoms with Gasteiger partial charge in [0.1, 0.15) is 17.3 Å². The van der Waals surface area contributed by atoms with Gasteiger partial charge in [0.05, 0.1) is 5.57 Å². The molecule has 2 aliphatic heterocycles.